The van der Waals surface area contributed by atoms with Crippen LogP contribution in [0.15, 0.2) is 58.3 Å². The number of imide groups is 1. The standard InChI is InChI=1S/C21H24N6O4S/c1-14(19(29)24-20(30)23-12-15-6-3-2-4-7-15)32-21-26-25-18(10-9-17(22)28)27(21)13-16-8-5-11-31-16/h2-8,11,14H,9-10,12-13H2,1H3,(H2,22,28)(H2,23,24,29,30). The molecule has 4 amide bonds. The van der Waals surface area contributed by atoms with Crippen LogP contribution in [0.5, 0.6) is 0 Å². The van der Waals surface area contributed by atoms with Gasteiger partial charge in [-0.25, -0.2) is 4.79 Å². The first-order valence-electron chi connectivity index (χ1n) is 9.94. The normalized spacial score (nSPS) is 11.7. The van der Waals surface area contributed by atoms with Crippen molar-refractivity contribution in [1.29, 1.82) is 0 Å². The first-order valence-corrected chi connectivity index (χ1v) is 10.8. The molecule has 2 heterocycles. The molecule has 32 heavy (non-hydrogen) atoms. The van der Waals surface area contributed by atoms with Crippen LogP contribution >= 0.6 is 11.8 Å². The molecule has 10 nitrogen and oxygen atoms in total. The quantitative estimate of drug-likeness (QED) is 0.395. The lowest BCUT2D eigenvalue weighted by atomic mass is 10.2. The van der Waals surface area contributed by atoms with Crippen LogP contribution < -0.4 is 16.4 Å². The molecule has 168 valence electrons. The number of primary amides is 1. The summed E-state index contributed by atoms with van der Waals surface area (Å²) in [5.41, 5.74) is 6.17. The van der Waals surface area contributed by atoms with Crippen molar-refractivity contribution in [3.63, 3.8) is 0 Å². The number of urea groups is 1. The van der Waals surface area contributed by atoms with E-state index < -0.39 is 23.1 Å². The van der Waals surface area contributed by atoms with E-state index in [1.807, 2.05) is 30.3 Å². The predicted octanol–water partition coefficient (Wildman–Crippen LogP) is 1.84. The smallest absolute Gasteiger partial charge is 0.321 e. The molecule has 3 rings (SSSR count). The minimum atomic E-state index is -0.624. The Balaban J connectivity index is 1.61. The lowest BCUT2D eigenvalue weighted by Gasteiger charge is -2.13. The average Bonchev–Trinajstić information content (AvgIpc) is 3.42. The van der Waals surface area contributed by atoms with Gasteiger partial charge in [-0.05, 0) is 24.6 Å². The fraction of sp³-hybridized carbons (Fsp3) is 0.286. The summed E-state index contributed by atoms with van der Waals surface area (Å²) >= 11 is 1.15. The van der Waals surface area contributed by atoms with Gasteiger partial charge in [0, 0.05) is 19.4 Å². The molecule has 0 bridgehead atoms. The van der Waals surface area contributed by atoms with Gasteiger partial charge in [-0.2, -0.15) is 0 Å². The van der Waals surface area contributed by atoms with Crippen LogP contribution in [0.3, 0.4) is 0 Å². The van der Waals surface area contributed by atoms with Crippen LogP contribution in [0.1, 0.15) is 30.5 Å². The van der Waals surface area contributed by atoms with Crippen LogP contribution in [0.25, 0.3) is 0 Å². The van der Waals surface area contributed by atoms with Gasteiger partial charge >= 0.3 is 6.03 Å². The maximum absolute atomic E-state index is 12.5. The van der Waals surface area contributed by atoms with Crippen molar-refractivity contribution in [2.75, 3.05) is 0 Å². The van der Waals surface area contributed by atoms with E-state index in [9.17, 15) is 14.4 Å². The zero-order valence-electron chi connectivity index (χ0n) is 17.5. The molecule has 0 fully saturated rings. The van der Waals surface area contributed by atoms with Gasteiger partial charge in [0.2, 0.25) is 11.8 Å². The molecule has 1 atom stereocenters. The number of benzene rings is 1. The highest BCUT2D eigenvalue weighted by molar-refractivity contribution is 8.00. The summed E-state index contributed by atoms with van der Waals surface area (Å²) in [6, 6.07) is 12.4. The van der Waals surface area contributed by atoms with Gasteiger partial charge in [-0.1, -0.05) is 42.1 Å². The number of hydrogen-bond acceptors (Lipinski definition) is 7. The van der Waals surface area contributed by atoms with Gasteiger partial charge in [-0.15, -0.1) is 10.2 Å². The number of nitrogens with one attached hydrogen (secondary N) is 2. The molecule has 0 saturated heterocycles. The molecule has 1 unspecified atom stereocenters. The fourth-order valence-corrected chi connectivity index (χ4v) is 3.66. The van der Waals surface area contributed by atoms with E-state index in [0.29, 0.717) is 36.3 Å². The van der Waals surface area contributed by atoms with Crippen molar-refractivity contribution in [2.45, 2.75) is 43.3 Å². The molecule has 0 saturated carbocycles. The van der Waals surface area contributed by atoms with E-state index in [0.717, 1.165) is 17.3 Å². The second kappa shape index (κ2) is 11.1. The molecule has 2 aromatic heterocycles. The largest absolute Gasteiger partial charge is 0.467 e. The lowest BCUT2D eigenvalue weighted by Crippen LogP contribution is -2.42. The minimum absolute atomic E-state index is 0.124. The van der Waals surface area contributed by atoms with E-state index in [1.54, 1.807) is 29.9 Å². The first-order chi connectivity index (χ1) is 15.4. The Morgan fingerprint density at radius 3 is 2.62 bits per heavy atom. The number of amides is 4. The number of thioether (sulfide) groups is 1. The third-order valence-electron chi connectivity index (χ3n) is 4.47. The second-order valence-electron chi connectivity index (χ2n) is 6.95. The number of nitrogens with zero attached hydrogens (tertiary/aromatic N) is 3. The van der Waals surface area contributed by atoms with Crippen molar-refractivity contribution < 1.29 is 18.8 Å². The van der Waals surface area contributed by atoms with Crippen molar-refractivity contribution in [3.8, 4) is 0 Å². The van der Waals surface area contributed by atoms with Crippen molar-refractivity contribution in [1.82, 2.24) is 25.4 Å². The van der Waals surface area contributed by atoms with Crippen molar-refractivity contribution in [2.24, 2.45) is 5.73 Å². The molecule has 3 aromatic rings. The van der Waals surface area contributed by atoms with E-state index in [2.05, 4.69) is 20.8 Å². The number of nitrogens with two attached hydrogens (primary N) is 1. The number of rotatable bonds is 10. The van der Waals surface area contributed by atoms with Crippen LogP contribution in [0.4, 0.5) is 4.79 Å². The van der Waals surface area contributed by atoms with Crippen LogP contribution in [0, 0.1) is 0 Å². The van der Waals surface area contributed by atoms with E-state index in [1.165, 1.54) is 0 Å². The van der Waals surface area contributed by atoms with Gasteiger partial charge in [-0.3, -0.25) is 19.5 Å². The number of aryl methyl sites for hydroxylation is 1. The molecule has 0 aliphatic rings. The van der Waals surface area contributed by atoms with Gasteiger partial charge in [0.1, 0.15) is 11.6 Å². The highest BCUT2D eigenvalue weighted by atomic mass is 32.2. The Labute approximate surface area is 188 Å². The SMILES string of the molecule is CC(Sc1nnc(CCC(N)=O)n1Cc1ccco1)C(=O)NC(=O)NCc1ccccc1. The Bertz CT molecular complexity index is 1050. The summed E-state index contributed by atoms with van der Waals surface area (Å²) in [4.78, 5) is 35.7. The molecule has 0 aliphatic carbocycles. The highest BCUT2D eigenvalue weighted by Gasteiger charge is 2.22. The molecule has 0 radical (unpaired) electrons. The molecule has 4 N–H and O–H groups in total. The average molecular weight is 457 g/mol. The number of carbonyl (C=O) groups is 3. The topological polar surface area (TPSA) is 145 Å². The summed E-state index contributed by atoms with van der Waals surface area (Å²) in [5.74, 6) is 0.313. The zero-order valence-corrected chi connectivity index (χ0v) is 18.3. The minimum Gasteiger partial charge on any atom is -0.467 e. The summed E-state index contributed by atoms with van der Waals surface area (Å²) in [5, 5.41) is 13.1. The third kappa shape index (κ3) is 6.71. The summed E-state index contributed by atoms with van der Waals surface area (Å²) < 4.78 is 7.17. The number of furan rings is 1. The Kier molecular flexibility index (Phi) is 8.03. The molecule has 1 aromatic carbocycles. The molecule has 0 aliphatic heterocycles. The van der Waals surface area contributed by atoms with E-state index in [-0.39, 0.29) is 6.42 Å². The maximum atomic E-state index is 12.5. The zero-order chi connectivity index (χ0) is 22.9. The van der Waals surface area contributed by atoms with E-state index >= 15 is 0 Å². The third-order valence-corrected chi connectivity index (χ3v) is 5.55. The monoisotopic (exact) mass is 456 g/mol. The van der Waals surface area contributed by atoms with Gasteiger partial charge in [0.05, 0.1) is 18.1 Å². The number of carbonyl (C=O) groups excluding carboxylic acids is 3. The lowest BCUT2D eigenvalue weighted by molar-refractivity contribution is -0.119. The predicted molar refractivity (Wildman–Crippen MR) is 117 cm³/mol. The molecular weight excluding hydrogens is 432 g/mol. The molecular formula is C21H24N6O4S. The Morgan fingerprint density at radius 1 is 1.16 bits per heavy atom. The van der Waals surface area contributed by atoms with Crippen LogP contribution in [0.2, 0.25) is 0 Å². The molecule has 0 spiro atoms. The Morgan fingerprint density at radius 2 is 1.94 bits per heavy atom. The maximum Gasteiger partial charge on any atom is 0.321 e. The van der Waals surface area contributed by atoms with Crippen molar-refractivity contribution in [3.05, 3.63) is 65.9 Å². The van der Waals surface area contributed by atoms with Gasteiger partial charge in [0.15, 0.2) is 5.16 Å². The number of hydrogen-bond donors (Lipinski definition) is 3. The summed E-state index contributed by atoms with van der Waals surface area (Å²) in [7, 11) is 0. The fourth-order valence-electron chi connectivity index (χ4n) is 2.79. The number of aromatic nitrogens is 3. The Hall–Kier alpha value is -3.60. The van der Waals surface area contributed by atoms with E-state index in [4.69, 9.17) is 10.2 Å². The second-order valence-corrected chi connectivity index (χ2v) is 8.26. The van der Waals surface area contributed by atoms with Crippen LogP contribution in [-0.2, 0) is 29.1 Å². The summed E-state index contributed by atoms with van der Waals surface area (Å²) in [6.45, 7) is 2.31. The van der Waals surface area contributed by atoms with Gasteiger partial charge in [0.25, 0.3) is 0 Å². The van der Waals surface area contributed by atoms with Crippen LogP contribution in [-0.4, -0.2) is 37.9 Å². The summed E-state index contributed by atoms with van der Waals surface area (Å²) in [6.07, 6.45) is 1.99. The van der Waals surface area contributed by atoms with Gasteiger partial charge < -0.3 is 15.5 Å². The molecule has 11 heteroatoms. The van der Waals surface area contributed by atoms with Crippen molar-refractivity contribution >= 4 is 29.6 Å². The first kappa shape index (κ1) is 23.1. The highest BCUT2D eigenvalue weighted by Crippen LogP contribution is 2.24.